The van der Waals surface area contributed by atoms with E-state index in [9.17, 15) is 4.79 Å². The van der Waals surface area contributed by atoms with Gasteiger partial charge in [0.2, 0.25) is 0 Å². The molecule has 1 heterocycles. The first-order chi connectivity index (χ1) is 10.3. The molecular weight excluding hydrogens is 260 g/mol. The second-order valence-corrected chi connectivity index (χ2v) is 6.31. The third-order valence-corrected chi connectivity index (χ3v) is 3.96. The van der Waals surface area contributed by atoms with E-state index >= 15 is 0 Å². The molecule has 0 radical (unpaired) electrons. The Morgan fingerprint density at radius 1 is 0.762 bits per heavy atom. The third kappa shape index (κ3) is 19.6. The Kier molecular flexibility index (Phi) is 17.4. The molecule has 0 aromatic heterocycles. The molecule has 0 bridgehead atoms. The summed E-state index contributed by atoms with van der Waals surface area (Å²) >= 11 is 0. The highest BCUT2D eigenvalue weighted by Crippen LogP contribution is 2.12. The molecule has 0 saturated carbocycles. The van der Waals surface area contributed by atoms with E-state index in [-0.39, 0.29) is 0 Å². The predicted molar refractivity (Wildman–Crippen MR) is 91.8 cm³/mol. The molecule has 1 fully saturated rings. The van der Waals surface area contributed by atoms with Gasteiger partial charge in [0, 0.05) is 19.6 Å². The van der Waals surface area contributed by atoms with Crippen LogP contribution in [0.4, 0.5) is 0 Å². The monoisotopic (exact) mass is 298 g/mol. The Labute approximate surface area is 133 Å². The average molecular weight is 299 g/mol. The summed E-state index contributed by atoms with van der Waals surface area (Å²) in [5, 5.41) is 0. The van der Waals surface area contributed by atoms with Gasteiger partial charge in [-0.1, -0.05) is 77.6 Å². The van der Waals surface area contributed by atoms with Crippen molar-refractivity contribution >= 4 is 5.78 Å². The molecule has 1 rings (SSSR count). The molecule has 0 amide bonds. The number of ketones is 1. The third-order valence-electron chi connectivity index (χ3n) is 3.96. The van der Waals surface area contributed by atoms with Crippen molar-refractivity contribution in [2.45, 2.75) is 104 Å². The van der Waals surface area contributed by atoms with Crippen LogP contribution in [0.1, 0.15) is 104 Å². The molecule has 2 nitrogen and oxygen atoms in total. The summed E-state index contributed by atoms with van der Waals surface area (Å²) in [5.74, 6) is 0.345. The molecule has 21 heavy (non-hydrogen) atoms. The van der Waals surface area contributed by atoms with Gasteiger partial charge >= 0.3 is 0 Å². The van der Waals surface area contributed by atoms with Crippen LogP contribution in [0.15, 0.2) is 0 Å². The van der Waals surface area contributed by atoms with E-state index < -0.39 is 0 Å². The summed E-state index contributed by atoms with van der Waals surface area (Å²) < 4.78 is 4.72. The van der Waals surface area contributed by atoms with Crippen LogP contribution < -0.4 is 0 Å². The van der Waals surface area contributed by atoms with Gasteiger partial charge < -0.3 is 9.53 Å². The van der Waals surface area contributed by atoms with Gasteiger partial charge in [0.25, 0.3) is 0 Å². The molecule has 1 saturated heterocycles. The van der Waals surface area contributed by atoms with E-state index in [4.69, 9.17) is 4.74 Å². The van der Waals surface area contributed by atoms with Crippen LogP contribution in [0.3, 0.4) is 0 Å². The molecule has 0 aromatic rings. The minimum atomic E-state index is 0.345. The maximum atomic E-state index is 10.7. The van der Waals surface area contributed by atoms with Gasteiger partial charge in [-0.05, 0) is 19.8 Å². The minimum absolute atomic E-state index is 0.345. The Hall–Kier alpha value is -0.370. The van der Waals surface area contributed by atoms with Crippen LogP contribution >= 0.6 is 0 Å². The van der Waals surface area contributed by atoms with Crippen molar-refractivity contribution in [3.63, 3.8) is 0 Å². The van der Waals surface area contributed by atoms with Crippen molar-refractivity contribution in [3.05, 3.63) is 0 Å². The zero-order valence-electron chi connectivity index (χ0n) is 14.6. The zero-order valence-corrected chi connectivity index (χ0v) is 14.6. The maximum Gasteiger partial charge on any atom is 0.129 e. The van der Waals surface area contributed by atoms with Gasteiger partial charge in [-0.2, -0.15) is 0 Å². The summed E-state index contributed by atoms with van der Waals surface area (Å²) in [6.07, 6.45) is 18.4. The first kappa shape index (κ1) is 20.6. The van der Waals surface area contributed by atoms with Crippen LogP contribution in [-0.2, 0) is 9.53 Å². The smallest absolute Gasteiger partial charge is 0.129 e. The lowest BCUT2D eigenvalue weighted by Gasteiger charge is -2.09. The quantitative estimate of drug-likeness (QED) is 0.385. The Balaban J connectivity index is 0.000000847. The van der Waals surface area contributed by atoms with Crippen LogP contribution in [-0.4, -0.2) is 19.0 Å². The summed E-state index contributed by atoms with van der Waals surface area (Å²) in [6, 6.07) is 0. The molecule has 0 aliphatic carbocycles. The van der Waals surface area contributed by atoms with Gasteiger partial charge in [0.15, 0.2) is 0 Å². The zero-order chi connectivity index (χ0) is 15.6. The normalized spacial score (nSPS) is 13.2. The lowest BCUT2D eigenvalue weighted by molar-refractivity contribution is -0.117. The van der Waals surface area contributed by atoms with E-state index in [0.29, 0.717) is 5.78 Å². The molecular formula is C19H38O2. The van der Waals surface area contributed by atoms with E-state index in [2.05, 4.69) is 6.92 Å². The van der Waals surface area contributed by atoms with E-state index in [1.165, 1.54) is 77.0 Å². The standard InChI is InChI=1S/C16H32O.C3H6O/c1-3-4-5-6-7-8-9-10-11-12-13-14-15-16(2)17;1-2-4-3-1/h3-15H2,1-2H3;1-3H2. The summed E-state index contributed by atoms with van der Waals surface area (Å²) in [6.45, 7) is 5.96. The van der Waals surface area contributed by atoms with Crippen molar-refractivity contribution in [1.82, 2.24) is 0 Å². The van der Waals surface area contributed by atoms with Gasteiger partial charge in [-0.15, -0.1) is 0 Å². The number of carbonyl (C=O) groups excluding carboxylic acids is 1. The number of carbonyl (C=O) groups is 1. The first-order valence-electron chi connectivity index (χ1n) is 9.34. The van der Waals surface area contributed by atoms with Crippen LogP contribution in [0.25, 0.3) is 0 Å². The summed E-state index contributed by atoms with van der Waals surface area (Å²) in [7, 11) is 0. The van der Waals surface area contributed by atoms with Gasteiger partial charge in [0.1, 0.15) is 5.78 Å². The molecule has 1 aliphatic rings. The molecule has 0 unspecified atom stereocenters. The molecule has 2 heteroatoms. The number of hydrogen-bond acceptors (Lipinski definition) is 2. The second kappa shape index (κ2) is 17.7. The van der Waals surface area contributed by atoms with E-state index in [0.717, 1.165) is 26.1 Å². The highest BCUT2D eigenvalue weighted by Gasteiger charge is 1.95. The fraction of sp³-hybridized carbons (Fsp3) is 0.947. The topological polar surface area (TPSA) is 26.3 Å². The van der Waals surface area contributed by atoms with Crippen molar-refractivity contribution in [2.24, 2.45) is 0 Å². The Bertz CT molecular complexity index is 206. The Morgan fingerprint density at radius 3 is 1.38 bits per heavy atom. The maximum absolute atomic E-state index is 10.7. The van der Waals surface area contributed by atoms with Crippen molar-refractivity contribution < 1.29 is 9.53 Å². The average Bonchev–Trinajstić information content (AvgIpc) is 2.38. The van der Waals surface area contributed by atoms with Crippen LogP contribution in [0.5, 0.6) is 0 Å². The minimum Gasteiger partial charge on any atom is -0.381 e. The van der Waals surface area contributed by atoms with E-state index in [1.807, 2.05) is 0 Å². The predicted octanol–water partition coefficient (Wildman–Crippen LogP) is 6.07. The molecule has 0 spiro atoms. The van der Waals surface area contributed by atoms with Crippen molar-refractivity contribution in [2.75, 3.05) is 13.2 Å². The lowest BCUT2D eigenvalue weighted by Crippen LogP contribution is -2.09. The van der Waals surface area contributed by atoms with E-state index in [1.54, 1.807) is 6.92 Å². The fourth-order valence-electron chi connectivity index (χ4n) is 2.36. The van der Waals surface area contributed by atoms with Crippen molar-refractivity contribution in [3.8, 4) is 0 Å². The van der Waals surface area contributed by atoms with Crippen LogP contribution in [0, 0.1) is 0 Å². The molecule has 0 aromatic carbocycles. The SMILES string of the molecule is C1COC1.CCCCCCCCCCCCCCC(C)=O. The highest BCUT2D eigenvalue weighted by molar-refractivity contribution is 5.75. The van der Waals surface area contributed by atoms with Crippen LogP contribution in [0.2, 0.25) is 0 Å². The van der Waals surface area contributed by atoms with Gasteiger partial charge in [-0.3, -0.25) is 0 Å². The van der Waals surface area contributed by atoms with Crippen molar-refractivity contribution in [1.29, 1.82) is 0 Å². The molecule has 0 atom stereocenters. The Morgan fingerprint density at radius 2 is 1.10 bits per heavy atom. The first-order valence-corrected chi connectivity index (χ1v) is 9.34. The number of unbranched alkanes of at least 4 members (excludes halogenated alkanes) is 11. The fourth-order valence-corrected chi connectivity index (χ4v) is 2.36. The van der Waals surface area contributed by atoms with Gasteiger partial charge in [-0.25, -0.2) is 0 Å². The molecule has 126 valence electrons. The summed E-state index contributed by atoms with van der Waals surface area (Å²) in [5.41, 5.74) is 0. The largest absolute Gasteiger partial charge is 0.381 e. The molecule has 1 aliphatic heterocycles. The number of rotatable bonds is 13. The number of Topliss-reactive ketones (excluding diaryl/α,β-unsaturated/α-hetero) is 1. The molecule has 0 N–H and O–H groups in total. The second-order valence-electron chi connectivity index (χ2n) is 6.31. The summed E-state index contributed by atoms with van der Waals surface area (Å²) in [4.78, 5) is 10.7. The number of ether oxygens (including phenoxy) is 1. The van der Waals surface area contributed by atoms with Gasteiger partial charge in [0.05, 0.1) is 0 Å². The highest BCUT2D eigenvalue weighted by atomic mass is 16.5. The number of hydrogen-bond donors (Lipinski definition) is 0. The lowest BCUT2D eigenvalue weighted by atomic mass is 10.0.